The van der Waals surface area contributed by atoms with E-state index in [9.17, 15) is 17.6 Å². The lowest BCUT2D eigenvalue weighted by molar-refractivity contribution is -0.137. The number of halogens is 4. The van der Waals surface area contributed by atoms with Gasteiger partial charge in [-0.25, -0.2) is 4.39 Å². The summed E-state index contributed by atoms with van der Waals surface area (Å²) < 4.78 is 51.0. The highest BCUT2D eigenvalue weighted by atomic mass is 19.4. The van der Waals surface area contributed by atoms with Crippen LogP contribution in [0.2, 0.25) is 0 Å². The lowest BCUT2D eigenvalue weighted by Gasteiger charge is -2.16. The first-order valence-corrected chi connectivity index (χ1v) is 6.45. The summed E-state index contributed by atoms with van der Waals surface area (Å²) >= 11 is 0. The minimum Gasteiger partial charge on any atom is -0.324 e. The number of alkyl halides is 3. The summed E-state index contributed by atoms with van der Waals surface area (Å²) in [5.41, 5.74) is 7.26. The van der Waals surface area contributed by atoms with Gasteiger partial charge >= 0.3 is 6.18 Å². The van der Waals surface area contributed by atoms with Crippen molar-refractivity contribution in [3.8, 4) is 0 Å². The molecule has 0 fully saturated rings. The quantitative estimate of drug-likeness (QED) is 0.835. The fourth-order valence-electron chi connectivity index (χ4n) is 2.29. The first kappa shape index (κ1) is 15.5. The molecule has 0 aliphatic carbocycles. The first-order chi connectivity index (χ1) is 9.77. The normalized spacial score (nSPS) is 13.2. The Labute approximate surface area is 120 Å². The van der Waals surface area contributed by atoms with Gasteiger partial charge in [0.1, 0.15) is 5.82 Å². The molecule has 2 rings (SSSR count). The van der Waals surface area contributed by atoms with E-state index >= 15 is 0 Å². The number of nitrogens with two attached hydrogens (primary N) is 1. The van der Waals surface area contributed by atoms with Crippen LogP contribution in [0.15, 0.2) is 42.5 Å². The maximum absolute atomic E-state index is 13.1. The molecule has 0 amide bonds. The van der Waals surface area contributed by atoms with Crippen LogP contribution in [0.1, 0.15) is 28.3 Å². The minimum atomic E-state index is -4.37. The molecule has 112 valence electrons. The van der Waals surface area contributed by atoms with Crippen LogP contribution in [-0.4, -0.2) is 0 Å². The maximum Gasteiger partial charge on any atom is 0.416 e. The molecule has 1 nitrogen and oxygen atoms in total. The zero-order valence-electron chi connectivity index (χ0n) is 11.4. The zero-order chi connectivity index (χ0) is 15.6. The van der Waals surface area contributed by atoms with Crippen molar-refractivity contribution in [3.05, 3.63) is 70.5 Å². The van der Waals surface area contributed by atoms with E-state index in [2.05, 4.69) is 0 Å². The van der Waals surface area contributed by atoms with Gasteiger partial charge in [-0.05, 0) is 48.2 Å². The Hall–Kier alpha value is -1.88. The molecule has 0 aliphatic rings. The molecule has 1 atom stereocenters. The Morgan fingerprint density at radius 2 is 1.81 bits per heavy atom. The van der Waals surface area contributed by atoms with Crippen LogP contribution >= 0.6 is 0 Å². The largest absolute Gasteiger partial charge is 0.416 e. The second-order valence-corrected chi connectivity index (χ2v) is 5.01. The molecule has 0 heterocycles. The highest BCUT2D eigenvalue weighted by Gasteiger charge is 2.30. The Morgan fingerprint density at radius 1 is 1.10 bits per heavy atom. The molecule has 2 N–H and O–H groups in total. The van der Waals surface area contributed by atoms with Crippen molar-refractivity contribution >= 4 is 0 Å². The summed E-state index contributed by atoms with van der Waals surface area (Å²) in [5.74, 6) is -0.359. The van der Waals surface area contributed by atoms with Crippen LogP contribution in [0, 0.1) is 12.7 Å². The lowest BCUT2D eigenvalue weighted by Crippen LogP contribution is -2.15. The lowest BCUT2D eigenvalue weighted by atomic mass is 9.95. The molecule has 1 unspecified atom stereocenters. The summed E-state index contributed by atoms with van der Waals surface area (Å²) in [5, 5.41) is 0. The highest BCUT2D eigenvalue weighted by molar-refractivity contribution is 5.32. The van der Waals surface area contributed by atoms with Crippen LogP contribution in [0.3, 0.4) is 0 Å². The van der Waals surface area contributed by atoms with E-state index < -0.39 is 17.8 Å². The molecule has 0 aromatic heterocycles. The smallest absolute Gasteiger partial charge is 0.324 e. The van der Waals surface area contributed by atoms with Gasteiger partial charge in [0.2, 0.25) is 0 Å². The van der Waals surface area contributed by atoms with Gasteiger partial charge in [0.05, 0.1) is 5.56 Å². The zero-order valence-corrected chi connectivity index (χ0v) is 11.4. The van der Waals surface area contributed by atoms with Gasteiger partial charge < -0.3 is 5.73 Å². The summed E-state index contributed by atoms with van der Waals surface area (Å²) in [6.45, 7) is 1.73. The molecule has 0 saturated heterocycles. The van der Waals surface area contributed by atoms with Crippen molar-refractivity contribution in [1.82, 2.24) is 0 Å². The highest BCUT2D eigenvalue weighted by Crippen LogP contribution is 2.30. The van der Waals surface area contributed by atoms with Gasteiger partial charge in [0, 0.05) is 6.04 Å². The Balaban J connectivity index is 2.21. The van der Waals surface area contributed by atoms with E-state index in [-0.39, 0.29) is 12.2 Å². The van der Waals surface area contributed by atoms with Crippen molar-refractivity contribution in [2.45, 2.75) is 25.6 Å². The minimum absolute atomic E-state index is 0.260. The van der Waals surface area contributed by atoms with Gasteiger partial charge in [-0.2, -0.15) is 13.2 Å². The molecule has 0 saturated carbocycles. The second-order valence-electron chi connectivity index (χ2n) is 5.01. The molecular formula is C16H15F4N. The van der Waals surface area contributed by atoms with Crippen molar-refractivity contribution in [2.24, 2.45) is 5.73 Å². The molecule has 0 bridgehead atoms. The maximum atomic E-state index is 13.1. The average Bonchev–Trinajstić information content (AvgIpc) is 2.37. The average molecular weight is 297 g/mol. The molecule has 21 heavy (non-hydrogen) atoms. The third-order valence-electron chi connectivity index (χ3n) is 3.34. The summed E-state index contributed by atoms with van der Waals surface area (Å²) in [4.78, 5) is 0. The fraction of sp³-hybridized carbons (Fsp3) is 0.250. The van der Waals surface area contributed by atoms with Crippen LogP contribution in [0.4, 0.5) is 17.6 Å². The van der Waals surface area contributed by atoms with Crippen LogP contribution < -0.4 is 5.73 Å². The monoisotopic (exact) mass is 297 g/mol. The summed E-state index contributed by atoms with van der Waals surface area (Å²) in [6.07, 6.45) is -4.11. The van der Waals surface area contributed by atoms with Crippen LogP contribution in [0.25, 0.3) is 0 Å². The van der Waals surface area contributed by atoms with Gasteiger partial charge in [0.15, 0.2) is 0 Å². The van der Waals surface area contributed by atoms with E-state index in [1.807, 2.05) is 0 Å². The third-order valence-corrected chi connectivity index (χ3v) is 3.34. The van der Waals surface area contributed by atoms with E-state index in [1.165, 1.54) is 18.2 Å². The predicted octanol–water partition coefficient (Wildman–Crippen LogP) is 4.40. The summed E-state index contributed by atoms with van der Waals surface area (Å²) in [7, 11) is 0. The number of rotatable bonds is 3. The molecule has 0 spiro atoms. The van der Waals surface area contributed by atoms with Crippen molar-refractivity contribution in [2.75, 3.05) is 0 Å². The van der Waals surface area contributed by atoms with E-state index in [0.29, 0.717) is 11.1 Å². The van der Waals surface area contributed by atoms with E-state index in [0.717, 1.165) is 17.7 Å². The molecule has 2 aromatic carbocycles. The SMILES string of the molecule is Cc1cc(F)ccc1C(N)Cc1cccc(C(F)(F)F)c1. The number of aryl methyl sites for hydroxylation is 1. The molecule has 0 radical (unpaired) electrons. The van der Waals surface area contributed by atoms with Crippen molar-refractivity contribution < 1.29 is 17.6 Å². The van der Waals surface area contributed by atoms with E-state index in [4.69, 9.17) is 5.73 Å². The van der Waals surface area contributed by atoms with Gasteiger partial charge in [-0.1, -0.05) is 24.3 Å². The third kappa shape index (κ3) is 3.82. The van der Waals surface area contributed by atoms with Crippen LogP contribution in [-0.2, 0) is 12.6 Å². The van der Waals surface area contributed by atoms with Gasteiger partial charge in [-0.3, -0.25) is 0 Å². The van der Waals surface area contributed by atoms with Crippen LogP contribution in [0.5, 0.6) is 0 Å². The second kappa shape index (κ2) is 5.85. The number of hydrogen-bond donors (Lipinski definition) is 1. The Bertz CT molecular complexity index is 634. The van der Waals surface area contributed by atoms with Gasteiger partial charge in [0.25, 0.3) is 0 Å². The fourth-order valence-corrected chi connectivity index (χ4v) is 2.29. The van der Waals surface area contributed by atoms with Crippen molar-refractivity contribution in [3.63, 3.8) is 0 Å². The Kier molecular flexibility index (Phi) is 4.32. The van der Waals surface area contributed by atoms with Crippen molar-refractivity contribution in [1.29, 1.82) is 0 Å². The summed E-state index contributed by atoms with van der Waals surface area (Å²) in [6, 6.07) is 8.85. The number of benzene rings is 2. The molecule has 0 aliphatic heterocycles. The Morgan fingerprint density at radius 3 is 2.43 bits per heavy atom. The van der Waals surface area contributed by atoms with Gasteiger partial charge in [-0.15, -0.1) is 0 Å². The standard InChI is InChI=1S/C16H15F4N/c1-10-7-13(17)5-6-14(10)15(21)9-11-3-2-4-12(8-11)16(18,19)20/h2-8,15H,9,21H2,1H3. The molecule has 2 aromatic rings. The molecular weight excluding hydrogens is 282 g/mol. The number of hydrogen-bond acceptors (Lipinski definition) is 1. The topological polar surface area (TPSA) is 26.0 Å². The molecule has 5 heteroatoms. The predicted molar refractivity (Wildman–Crippen MR) is 73.2 cm³/mol. The first-order valence-electron chi connectivity index (χ1n) is 6.45. The van der Waals surface area contributed by atoms with E-state index in [1.54, 1.807) is 19.1 Å².